The summed E-state index contributed by atoms with van der Waals surface area (Å²) in [6, 6.07) is 7.58. The number of nitrogens with one attached hydrogen (secondary N) is 1. The van der Waals surface area contributed by atoms with Crippen molar-refractivity contribution in [2.24, 2.45) is 5.73 Å². The van der Waals surface area contributed by atoms with Gasteiger partial charge in [-0.15, -0.1) is 5.10 Å². The van der Waals surface area contributed by atoms with Gasteiger partial charge in [-0.3, -0.25) is 4.79 Å². The fourth-order valence-corrected chi connectivity index (χ4v) is 2.36. The Balaban J connectivity index is 1.83. The highest BCUT2D eigenvalue weighted by molar-refractivity contribution is 5.91. The Morgan fingerprint density at radius 1 is 1.20 bits per heavy atom. The third-order valence-electron chi connectivity index (χ3n) is 3.77. The maximum Gasteiger partial charge on any atom is 0.273 e. The number of carbonyl (C=O) groups is 1. The lowest BCUT2D eigenvalue weighted by atomic mass is 10.2. The van der Waals surface area contributed by atoms with Gasteiger partial charge in [-0.05, 0) is 30.7 Å². The standard InChI is InChI=1S/C18H27N5O2/c1-2-3-4-5-6-13-25-16-9-7-15(8-10-16)23-14-17(21-22-23)18(24)20-12-11-19/h7-10,14H,2-6,11-13,19H2,1H3,(H,20,24). The number of nitrogens with two attached hydrogens (primary N) is 1. The summed E-state index contributed by atoms with van der Waals surface area (Å²) >= 11 is 0. The van der Waals surface area contributed by atoms with Crippen molar-refractivity contribution in [3.8, 4) is 11.4 Å². The Morgan fingerprint density at radius 3 is 2.68 bits per heavy atom. The van der Waals surface area contributed by atoms with E-state index in [1.54, 1.807) is 10.9 Å². The zero-order valence-electron chi connectivity index (χ0n) is 14.8. The van der Waals surface area contributed by atoms with Crippen molar-refractivity contribution in [1.82, 2.24) is 20.3 Å². The molecular weight excluding hydrogens is 318 g/mol. The molecule has 0 radical (unpaired) electrons. The Labute approximate surface area is 148 Å². The van der Waals surface area contributed by atoms with Crippen molar-refractivity contribution in [3.05, 3.63) is 36.2 Å². The molecule has 136 valence electrons. The minimum atomic E-state index is -0.278. The fourth-order valence-electron chi connectivity index (χ4n) is 2.36. The van der Waals surface area contributed by atoms with Gasteiger partial charge in [0.25, 0.3) is 5.91 Å². The van der Waals surface area contributed by atoms with Crippen LogP contribution in [-0.4, -0.2) is 40.6 Å². The molecule has 0 bridgehead atoms. The van der Waals surface area contributed by atoms with E-state index in [1.807, 2.05) is 24.3 Å². The van der Waals surface area contributed by atoms with E-state index >= 15 is 0 Å². The van der Waals surface area contributed by atoms with Gasteiger partial charge in [0.2, 0.25) is 0 Å². The lowest BCUT2D eigenvalue weighted by molar-refractivity contribution is 0.0949. The maximum atomic E-state index is 11.8. The average molecular weight is 345 g/mol. The second kappa shape index (κ2) is 10.5. The molecule has 0 saturated heterocycles. The van der Waals surface area contributed by atoms with Crippen molar-refractivity contribution in [3.63, 3.8) is 0 Å². The van der Waals surface area contributed by atoms with Gasteiger partial charge in [-0.2, -0.15) is 0 Å². The average Bonchev–Trinajstić information content (AvgIpc) is 3.13. The summed E-state index contributed by atoms with van der Waals surface area (Å²) in [5.74, 6) is 0.556. The number of rotatable bonds is 11. The lowest BCUT2D eigenvalue weighted by Crippen LogP contribution is -2.29. The normalized spacial score (nSPS) is 10.6. The highest BCUT2D eigenvalue weighted by Crippen LogP contribution is 2.15. The molecule has 1 aromatic heterocycles. The molecule has 0 fully saturated rings. The smallest absolute Gasteiger partial charge is 0.273 e. The van der Waals surface area contributed by atoms with Gasteiger partial charge in [0.15, 0.2) is 5.69 Å². The number of benzene rings is 1. The molecule has 0 aliphatic rings. The Bertz CT molecular complexity index is 639. The van der Waals surface area contributed by atoms with Crippen molar-refractivity contribution in [1.29, 1.82) is 0 Å². The molecule has 7 nitrogen and oxygen atoms in total. The van der Waals surface area contributed by atoms with E-state index in [0.29, 0.717) is 13.1 Å². The van der Waals surface area contributed by atoms with E-state index in [0.717, 1.165) is 24.5 Å². The first kappa shape index (κ1) is 18.9. The van der Waals surface area contributed by atoms with Crippen molar-refractivity contribution >= 4 is 5.91 Å². The van der Waals surface area contributed by atoms with Crippen LogP contribution < -0.4 is 15.8 Å². The molecular formula is C18H27N5O2. The topological polar surface area (TPSA) is 95.1 Å². The Hall–Kier alpha value is -2.41. The molecule has 0 unspecified atom stereocenters. The van der Waals surface area contributed by atoms with Gasteiger partial charge in [0.05, 0.1) is 18.5 Å². The minimum absolute atomic E-state index is 0.265. The molecule has 0 aliphatic carbocycles. The van der Waals surface area contributed by atoms with Gasteiger partial charge in [-0.1, -0.05) is 37.8 Å². The summed E-state index contributed by atoms with van der Waals surface area (Å²) in [6.45, 7) is 3.75. The van der Waals surface area contributed by atoms with Crippen molar-refractivity contribution in [2.75, 3.05) is 19.7 Å². The first-order chi connectivity index (χ1) is 12.2. The maximum absolute atomic E-state index is 11.8. The lowest BCUT2D eigenvalue weighted by Gasteiger charge is -2.07. The van der Waals surface area contributed by atoms with E-state index in [-0.39, 0.29) is 11.6 Å². The summed E-state index contributed by atoms with van der Waals surface area (Å²) < 4.78 is 7.30. The van der Waals surface area contributed by atoms with Gasteiger partial charge in [0.1, 0.15) is 5.75 Å². The largest absolute Gasteiger partial charge is 0.494 e. The number of hydrogen-bond acceptors (Lipinski definition) is 5. The Kier molecular flexibility index (Phi) is 7.91. The van der Waals surface area contributed by atoms with Crippen LogP contribution in [0.2, 0.25) is 0 Å². The molecule has 1 heterocycles. The number of aromatic nitrogens is 3. The molecule has 0 saturated carbocycles. The number of amides is 1. The zero-order valence-corrected chi connectivity index (χ0v) is 14.8. The van der Waals surface area contributed by atoms with Crippen LogP contribution in [0.3, 0.4) is 0 Å². The molecule has 2 aromatic rings. The molecule has 1 amide bonds. The van der Waals surface area contributed by atoms with Crippen LogP contribution in [0.5, 0.6) is 5.75 Å². The first-order valence-electron chi connectivity index (χ1n) is 8.88. The van der Waals surface area contributed by atoms with Crippen LogP contribution in [0.4, 0.5) is 0 Å². The number of unbranched alkanes of at least 4 members (excludes halogenated alkanes) is 4. The van der Waals surface area contributed by atoms with Gasteiger partial charge in [0, 0.05) is 13.1 Å². The molecule has 0 spiro atoms. The predicted molar refractivity (Wildman–Crippen MR) is 97.0 cm³/mol. The fraction of sp³-hybridized carbons (Fsp3) is 0.500. The van der Waals surface area contributed by atoms with Crippen molar-refractivity contribution < 1.29 is 9.53 Å². The zero-order chi connectivity index (χ0) is 17.9. The van der Waals surface area contributed by atoms with Crippen LogP contribution in [-0.2, 0) is 0 Å². The number of nitrogens with zero attached hydrogens (tertiary/aromatic N) is 3. The van der Waals surface area contributed by atoms with Crippen molar-refractivity contribution in [2.45, 2.75) is 39.0 Å². The Morgan fingerprint density at radius 2 is 1.96 bits per heavy atom. The van der Waals surface area contributed by atoms with E-state index in [9.17, 15) is 4.79 Å². The SMILES string of the molecule is CCCCCCCOc1ccc(-n2cc(C(=O)NCCN)nn2)cc1. The molecule has 0 atom stereocenters. The first-order valence-corrected chi connectivity index (χ1v) is 8.88. The van der Waals surface area contributed by atoms with Gasteiger partial charge >= 0.3 is 0 Å². The third kappa shape index (κ3) is 6.19. The highest BCUT2D eigenvalue weighted by atomic mass is 16.5. The van der Waals surface area contributed by atoms with Gasteiger partial charge < -0.3 is 15.8 Å². The molecule has 2 rings (SSSR count). The molecule has 25 heavy (non-hydrogen) atoms. The summed E-state index contributed by atoms with van der Waals surface area (Å²) in [5, 5.41) is 10.5. The summed E-state index contributed by atoms with van der Waals surface area (Å²) in [6.07, 6.45) is 7.69. The third-order valence-corrected chi connectivity index (χ3v) is 3.77. The van der Waals surface area contributed by atoms with E-state index in [1.165, 1.54) is 25.7 Å². The van der Waals surface area contributed by atoms with Gasteiger partial charge in [-0.25, -0.2) is 4.68 Å². The number of ether oxygens (including phenoxy) is 1. The second-order valence-electron chi connectivity index (χ2n) is 5.85. The van der Waals surface area contributed by atoms with E-state index < -0.39 is 0 Å². The van der Waals surface area contributed by atoms with E-state index in [4.69, 9.17) is 10.5 Å². The van der Waals surface area contributed by atoms with Crippen LogP contribution in [0.1, 0.15) is 49.5 Å². The predicted octanol–water partition coefficient (Wildman–Crippen LogP) is 2.30. The van der Waals surface area contributed by atoms with Crippen LogP contribution in [0.15, 0.2) is 30.5 Å². The highest BCUT2D eigenvalue weighted by Gasteiger charge is 2.10. The van der Waals surface area contributed by atoms with E-state index in [2.05, 4.69) is 22.6 Å². The summed E-state index contributed by atoms with van der Waals surface area (Å²) in [5.41, 5.74) is 6.45. The van der Waals surface area contributed by atoms with Crippen LogP contribution in [0.25, 0.3) is 5.69 Å². The summed E-state index contributed by atoms with van der Waals surface area (Å²) in [4.78, 5) is 11.8. The minimum Gasteiger partial charge on any atom is -0.494 e. The second-order valence-corrected chi connectivity index (χ2v) is 5.85. The van der Waals surface area contributed by atoms with Crippen LogP contribution >= 0.6 is 0 Å². The quantitative estimate of drug-likeness (QED) is 0.609. The molecule has 0 aliphatic heterocycles. The molecule has 3 N–H and O–H groups in total. The summed E-state index contributed by atoms with van der Waals surface area (Å²) in [7, 11) is 0. The number of hydrogen-bond donors (Lipinski definition) is 2. The monoisotopic (exact) mass is 345 g/mol. The molecule has 7 heteroatoms. The van der Waals surface area contributed by atoms with Crippen LogP contribution in [0, 0.1) is 0 Å². The number of carbonyl (C=O) groups excluding carboxylic acids is 1. The molecule has 1 aromatic carbocycles.